The van der Waals surface area contributed by atoms with Gasteiger partial charge in [-0.3, -0.25) is 10.3 Å². The Bertz CT molecular complexity index is 206. The van der Waals surface area contributed by atoms with Crippen molar-refractivity contribution in [3.63, 3.8) is 0 Å². The fourth-order valence-corrected chi connectivity index (χ4v) is 2.47. The average molecular weight is 213 g/mol. The standard InChI is InChI=1S/C11H23N3O/c1-2-10(11(12)13)14-6-3-4-9(8-14)5-7-15/h9-10,15H,2-8H2,1H3,(H3,12,13). The van der Waals surface area contributed by atoms with Crippen molar-refractivity contribution in [3.8, 4) is 0 Å². The highest BCUT2D eigenvalue weighted by Gasteiger charge is 2.25. The van der Waals surface area contributed by atoms with Gasteiger partial charge in [0.05, 0.1) is 6.04 Å². The number of piperidine rings is 1. The molecule has 1 saturated heterocycles. The van der Waals surface area contributed by atoms with Crippen LogP contribution >= 0.6 is 0 Å². The van der Waals surface area contributed by atoms with Gasteiger partial charge in [-0.15, -0.1) is 0 Å². The van der Waals surface area contributed by atoms with Crippen molar-refractivity contribution in [2.75, 3.05) is 19.7 Å². The van der Waals surface area contributed by atoms with Gasteiger partial charge in [0, 0.05) is 13.2 Å². The first-order valence-electron chi connectivity index (χ1n) is 5.87. The molecule has 4 N–H and O–H groups in total. The van der Waals surface area contributed by atoms with Gasteiger partial charge in [0.1, 0.15) is 5.84 Å². The highest BCUT2D eigenvalue weighted by molar-refractivity contribution is 5.82. The highest BCUT2D eigenvalue weighted by atomic mass is 16.3. The van der Waals surface area contributed by atoms with E-state index in [0.29, 0.717) is 5.92 Å². The summed E-state index contributed by atoms with van der Waals surface area (Å²) in [4.78, 5) is 2.30. The predicted molar refractivity (Wildman–Crippen MR) is 62.0 cm³/mol. The molecule has 0 aromatic carbocycles. The molecule has 0 saturated carbocycles. The Kier molecular flexibility index (Phi) is 5.05. The zero-order valence-electron chi connectivity index (χ0n) is 9.58. The molecule has 1 fully saturated rings. The Morgan fingerprint density at radius 3 is 2.93 bits per heavy atom. The van der Waals surface area contributed by atoms with Crippen molar-refractivity contribution in [2.24, 2.45) is 11.7 Å². The lowest BCUT2D eigenvalue weighted by Crippen LogP contribution is -2.48. The van der Waals surface area contributed by atoms with Gasteiger partial charge in [0.2, 0.25) is 0 Å². The van der Waals surface area contributed by atoms with Crippen LogP contribution in [0.1, 0.15) is 32.6 Å². The quantitative estimate of drug-likeness (QED) is 0.467. The minimum Gasteiger partial charge on any atom is -0.396 e. The summed E-state index contributed by atoms with van der Waals surface area (Å²) in [6.07, 6.45) is 4.14. The molecule has 4 nitrogen and oxygen atoms in total. The third kappa shape index (κ3) is 3.47. The Labute approximate surface area is 92.0 Å². The smallest absolute Gasteiger partial charge is 0.108 e. The van der Waals surface area contributed by atoms with Crippen LogP contribution in [0.25, 0.3) is 0 Å². The van der Waals surface area contributed by atoms with Crippen LogP contribution in [0.15, 0.2) is 0 Å². The van der Waals surface area contributed by atoms with Crippen molar-refractivity contribution < 1.29 is 5.11 Å². The topological polar surface area (TPSA) is 73.3 Å². The maximum absolute atomic E-state index is 8.92. The van der Waals surface area contributed by atoms with E-state index in [1.54, 1.807) is 0 Å². The summed E-state index contributed by atoms with van der Waals surface area (Å²) in [6, 6.07) is 0.103. The van der Waals surface area contributed by atoms with Crippen molar-refractivity contribution in [3.05, 3.63) is 0 Å². The van der Waals surface area contributed by atoms with Gasteiger partial charge < -0.3 is 10.8 Å². The molecule has 88 valence electrons. The van der Waals surface area contributed by atoms with Crippen LogP contribution in [0.2, 0.25) is 0 Å². The van der Waals surface area contributed by atoms with Gasteiger partial charge in [-0.25, -0.2) is 0 Å². The van der Waals surface area contributed by atoms with E-state index < -0.39 is 0 Å². The largest absolute Gasteiger partial charge is 0.396 e. The average Bonchev–Trinajstić information content (AvgIpc) is 2.19. The molecule has 0 amide bonds. The molecule has 1 aliphatic heterocycles. The van der Waals surface area contributed by atoms with Crippen molar-refractivity contribution in [1.82, 2.24) is 4.90 Å². The second-order valence-corrected chi connectivity index (χ2v) is 4.39. The Morgan fingerprint density at radius 1 is 1.67 bits per heavy atom. The van der Waals surface area contributed by atoms with Gasteiger partial charge in [0.25, 0.3) is 0 Å². The van der Waals surface area contributed by atoms with E-state index in [2.05, 4.69) is 11.8 Å². The molecule has 2 atom stereocenters. The fourth-order valence-electron chi connectivity index (χ4n) is 2.47. The van der Waals surface area contributed by atoms with Gasteiger partial charge in [-0.2, -0.15) is 0 Å². The number of nitrogens with one attached hydrogen (secondary N) is 1. The third-order valence-electron chi connectivity index (χ3n) is 3.27. The Morgan fingerprint density at radius 2 is 2.40 bits per heavy atom. The second kappa shape index (κ2) is 6.08. The lowest BCUT2D eigenvalue weighted by molar-refractivity contribution is 0.129. The van der Waals surface area contributed by atoms with Crippen molar-refractivity contribution in [1.29, 1.82) is 5.41 Å². The number of hydrogen-bond acceptors (Lipinski definition) is 3. The molecule has 15 heavy (non-hydrogen) atoms. The van der Waals surface area contributed by atoms with Crippen LogP contribution in [-0.2, 0) is 0 Å². The molecule has 1 rings (SSSR count). The summed E-state index contributed by atoms with van der Waals surface area (Å²) in [6.45, 7) is 4.37. The number of aliphatic hydroxyl groups excluding tert-OH is 1. The molecule has 0 bridgehead atoms. The number of rotatable bonds is 5. The second-order valence-electron chi connectivity index (χ2n) is 4.39. The first-order valence-corrected chi connectivity index (χ1v) is 5.87. The van der Waals surface area contributed by atoms with Gasteiger partial charge in [0.15, 0.2) is 0 Å². The van der Waals surface area contributed by atoms with E-state index in [9.17, 15) is 0 Å². The van der Waals surface area contributed by atoms with E-state index in [-0.39, 0.29) is 18.5 Å². The molecular weight excluding hydrogens is 190 g/mol. The zero-order chi connectivity index (χ0) is 11.3. The molecule has 0 aliphatic carbocycles. The van der Waals surface area contributed by atoms with E-state index >= 15 is 0 Å². The van der Waals surface area contributed by atoms with Crippen LogP contribution in [0.5, 0.6) is 0 Å². The lowest BCUT2D eigenvalue weighted by atomic mass is 9.93. The number of nitrogens with zero attached hydrogens (tertiary/aromatic N) is 1. The van der Waals surface area contributed by atoms with Crippen molar-refractivity contribution >= 4 is 5.84 Å². The molecule has 0 aromatic rings. The minimum absolute atomic E-state index is 0.103. The molecule has 1 heterocycles. The molecule has 0 aromatic heterocycles. The molecule has 0 spiro atoms. The zero-order valence-corrected chi connectivity index (χ0v) is 9.58. The third-order valence-corrected chi connectivity index (χ3v) is 3.27. The summed E-state index contributed by atoms with van der Waals surface area (Å²) >= 11 is 0. The first-order chi connectivity index (χ1) is 7.19. The SMILES string of the molecule is CCC(C(=N)N)N1CCCC(CCO)C1. The number of hydrogen-bond donors (Lipinski definition) is 3. The van der Waals surface area contributed by atoms with E-state index in [4.69, 9.17) is 16.2 Å². The molecule has 0 radical (unpaired) electrons. The number of nitrogens with two attached hydrogens (primary N) is 1. The number of likely N-dealkylation sites (tertiary alicyclic amines) is 1. The van der Waals surface area contributed by atoms with Crippen LogP contribution in [-0.4, -0.2) is 41.6 Å². The van der Waals surface area contributed by atoms with Crippen molar-refractivity contribution in [2.45, 2.75) is 38.6 Å². The highest BCUT2D eigenvalue weighted by Crippen LogP contribution is 2.21. The van der Waals surface area contributed by atoms with Gasteiger partial charge in [-0.05, 0) is 38.1 Å². The summed E-state index contributed by atoms with van der Waals surface area (Å²) in [7, 11) is 0. The van der Waals surface area contributed by atoms with E-state index in [0.717, 1.165) is 32.4 Å². The fraction of sp³-hybridized carbons (Fsp3) is 0.909. The summed E-state index contributed by atoms with van der Waals surface area (Å²) in [5.74, 6) is 0.860. The van der Waals surface area contributed by atoms with Crippen LogP contribution in [0.3, 0.4) is 0 Å². The monoisotopic (exact) mass is 213 g/mol. The predicted octanol–water partition coefficient (Wildman–Crippen LogP) is 0.795. The maximum atomic E-state index is 8.92. The van der Waals surface area contributed by atoms with E-state index in [1.165, 1.54) is 6.42 Å². The van der Waals surface area contributed by atoms with Crippen LogP contribution in [0.4, 0.5) is 0 Å². The number of amidine groups is 1. The minimum atomic E-state index is 0.103. The number of aliphatic hydroxyl groups is 1. The first kappa shape index (κ1) is 12.5. The van der Waals surface area contributed by atoms with Gasteiger partial charge >= 0.3 is 0 Å². The Balaban J connectivity index is 2.50. The molecular formula is C11H23N3O. The molecule has 1 aliphatic rings. The normalized spacial score (nSPS) is 25.1. The molecule has 4 heteroatoms. The van der Waals surface area contributed by atoms with Crippen LogP contribution in [0, 0.1) is 11.3 Å². The Hall–Kier alpha value is -0.610. The lowest BCUT2D eigenvalue weighted by Gasteiger charge is -2.37. The summed E-state index contributed by atoms with van der Waals surface area (Å²) < 4.78 is 0. The van der Waals surface area contributed by atoms with Crippen LogP contribution < -0.4 is 5.73 Å². The van der Waals surface area contributed by atoms with E-state index in [1.807, 2.05) is 0 Å². The molecule has 2 unspecified atom stereocenters. The summed E-state index contributed by atoms with van der Waals surface area (Å²) in [5, 5.41) is 16.5. The summed E-state index contributed by atoms with van der Waals surface area (Å²) in [5.41, 5.74) is 5.59. The maximum Gasteiger partial charge on any atom is 0.108 e. The van der Waals surface area contributed by atoms with Gasteiger partial charge in [-0.1, -0.05) is 6.92 Å².